The van der Waals surface area contributed by atoms with E-state index in [-0.39, 0.29) is 11.5 Å². The summed E-state index contributed by atoms with van der Waals surface area (Å²) in [5.41, 5.74) is 5.40. The lowest BCUT2D eigenvalue weighted by atomic mass is 9.95. The Morgan fingerprint density at radius 2 is 1.88 bits per heavy atom. The number of fused-ring (bicyclic) bond motifs is 1. The molecule has 6 nitrogen and oxygen atoms in total. The molecule has 3 aromatic heterocycles. The number of hydrogen-bond donors (Lipinski definition) is 2. The first-order valence-electron chi connectivity index (χ1n) is 11.2. The number of rotatable bonds is 5. The summed E-state index contributed by atoms with van der Waals surface area (Å²) in [7, 11) is 0. The van der Waals surface area contributed by atoms with E-state index in [1.807, 2.05) is 47.0 Å². The highest BCUT2D eigenvalue weighted by Gasteiger charge is 2.17. The Morgan fingerprint density at radius 1 is 1.06 bits per heavy atom. The predicted molar refractivity (Wildman–Crippen MR) is 125 cm³/mol. The molecule has 1 saturated carbocycles. The van der Waals surface area contributed by atoms with Crippen LogP contribution in [0.15, 0.2) is 71.9 Å². The molecular formula is C26H26N4O2. The first-order chi connectivity index (χ1) is 15.7. The molecule has 0 saturated heterocycles. The van der Waals surface area contributed by atoms with Gasteiger partial charge in [-0.15, -0.1) is 0 Å². The summed E-state index contributed by atoms with van der Waals surface area (Å²) in [5.74, 6) is 0.0151. The molecule has 1 fully saturated rings. The molecule has 1 amide bonds. The second-order valence-electron chi connectivity index (χ2n) is 8.49. The van der Waals surface area contributed by atoms with E-state index < -0.39 is 0 Å². The number of imidazole rings is 1. The van der Waals surface area contributed by atoms with E-state index in [4.69, 9.17) is 0 Å². The maximum absolute atomic E-state index is 12.6. The highest BCUT2D eigenvalue weighted by atomic mass is 16.1. The van der Waals surface area contributed by atoms with Crippen molar-refractivity contribution in [3.8, 4) is 11.3 Å². The molecule has 3 heterocycles. The van der Waals surface area contributed by atoms with Crippen LogP contribution in [-0.2, 0) is 6.42 Å². The van der Waals surface area contributed by atoms with Crippen LogP contribution in [0.1, 0.15) is 53.6 Å². The Hall–Kier alpha value is -3.67. The largest absolute Gasteiger partial charge is 0.349 e. The molecule has 0 unspecified atom stereocenters. The number of nitrogens with zero attached hydrogens (tertiary/aromatic N) is 2. The minimum Gasteiger partial charge on any atom is -0.349 e. The normalized spacial score (nSPS) is 14.5. The van der Waals surface area contributed by atoms with Crippen molar-refractivity contribution in [3.63, 3.8) is 0 Å². The molecule has 0 atom stereocenters. The van der Waals surface area contributed by atoms with Crippen LogP contribution in [0, 0.1) is 0 Å². The number of benzene rings is 1. The Kier molecular flexibility index (Phi) is 5.58. The van der Waals surface area contributed by atoms with Crippen LogP contribution >= 0.6 is 0 Å². The van der Waals surface area contributed by atoms with Crippen molar-refractivity contribution in [2.75, 3.05) is 0 Å². The number of hydrogen-bond acceptors (Lipinski definition) is 3. The maximum atomic E-state index is 12.6. The Labute approximate surface area is 186 Å². The van der Waals surface area contributed by atoms with Crippen molar-refractivity contribution < 1.29 is 4.79 Å². The number of H-pyrrole nitrogens is 1. The topological polar surface area (TPSA) is 79.3 Å². The van der Waals surface area contributed by atoms with Gasteiger partial charge in [0.15, 0.2) is 0 Å². The third-order valence-electron chi connectivity index (χ3n) is 6.25. The zero-order chi connectivity index (χ0) is 21.9. The van der Waals surface area contributed by atoms with Crippen LogP contribution in [0.25, 0.3) is 16.9 Å². The highest BCUT2D eigenvalue weighted by molar-refractivity contribution is 5.94. The van der Waals surface area contributed by atoms with Crippen molar-refractivity contribution in [2.24, 2.45) is 0 Å². The van der Waals surface area contributed by atoms with E-state index in [9.17, 15) is 9.59 Å². The molecule has 32 heavy (non-hydrogen) atoms. The van der Waals surface area contributed by atoms with Crippen molar-refractivity contribution in [1.29, 1.82) is 0 Å². The number of nitrogens with one attached hydrogen (secondary N) is 2. The molecule has 0 aliphatic heterocycles. The van der Waals surface area contributed by atoms with Crippen LogP contribution in [0.3, 0.4) is 0 Å². The van der Waals surface area contributed by atoms with Gasteiger partial charge in [0.05, 0.1) is 5.69 Å². The Balaban J connectivity index is 1.35. The lowest BCUT2D eigenvalue weighted by Gasteiger charge is -2.22. The molecule has 1 aliphatic carbocycles. The fourth-order valence-electron chi connectivity index (χ4n) is 4.56. The van der Waals surface area contributed by atoms with Gasteiger partial charge in [-0.3, -0.25) is 14.0 Å². The average molecular weight is 427 g/mol. The van der Waals surface area contributed by atoms with E-state index in [0.29, 0.717) is 18.0 Å². The van der Waals surface area contributed by atoms with Crippen molar-refractivity contribution in [2.45, 2.75) is 44.6 Å². The second-order valence-corrected chi connectivity index (χ2v) is 8.49. The monoisotopic (exact) mass is 426 g/mol. The molecule has 6 heteroatoms. The molecule has 0 spiro atoms. The van der Waals surface area contributed by atoms with E-state index in [1.165, 1.54) is 19.3 Å². The van der Waals surface area contributed by atoms with Crippen molar-refractivity contribution in [3.05, 3.63) is 94.2 Å². The van der Waals surface area contributed by atoms with Gasteiger partial charge in [0.1, 0.15) is 5.65 Å². The van der Waals surface area contributed by atoms with Gasteiger partial charge in [0.25, 0.3) is 5.91 Å². The molecule has 4 aromatic rings. The summed E-state index contributed by atoms with van der Waals surface area (Å²) in [4.78, 5) is 31.5. The number of aromatic nitrogens is 3. The Morgan fingerprint density at radius 3 is 2.66 bits per heavy atom. The van der Waals surface area contributed by atoms with Crippen LogP contribution < -0.4 is 10.9 Å². The third kappa shape index (κ3) is 4.21. The van der Waals surface area contributed by atoms with E-state index >= 15 is 0 Å². The number of carbonyl (C=O) groups excluding carboxylic acids is 1. The van der Waals surface area contributed by atoms with Gasteiger partial charge >= 0.3 is 0 Å². The zero-order valence-electron chi connectivity index (χ0n) is 17.9. The molecule has 0 radical (unpaired) electrons. The van der Waals surface area contributed by atoms with E-state index in [1.54, 1.807) is 18.5 Å². The smallest absolute Gasteiger partial charge is 0.251 e. The molecule has 0 bridgehead atoms. The first kappa shape index (κ1) is 20.2. The first-order valence-corrected chi connectivity index (χ1v) is 11.2. The summed E-state index contributed by atoms with van der Waals surface area (Å²) >= 11 is 0. The fourth-order valence-corrected chi connectivity index (χ4v) is 4.56. The van der Waals surface area contributed by atoms with Gasteiger partial charge in [-0.2, -0.15) is 0 Å². The van der Waals surface area contributed by atoms with Gasteiger partial charge in [-0.05, 0) is 48.2 Å². The minimum atomic E-state index is -0.132. The second kappa shape index (κ2) is 8.83. The Bertz CT molecular complexity index is 1300. The SMILES string of the molecule is O=C(NC1CCCCC1)c1ccc(Cc2ccc(-c3cc[nH]c(=O)c3)n3ccnc23)cc1. The van der Waals surface area contributed by atoms with Gasteiger partial charge in [0, 0.05) is 48.2 Å². The highest BCUT2D eigenvalue weighted by Crippen LogP contribution is 2.23. The van der Waals surface area contributed by atoms with Gasteiger partial charge in [-0.25, -0.2) is 4.98 Å². The van der Waals surface area contributed by atoms with E-state index in [2.05, 4.69) is 21.4 Å². The van der Waals surface area contributed by atoms with Crippen LogP contribution in [-0.4, -0.2) is 26.3 Å². The molecule has 1 aliphatic rings. The third-order valence-corrected chi connectivity index (χ3v) is 6.25. The maximum Gasteiger partial charge on any atom is 0.251 e. The number of pyridine rings is 2. The quantitative estimate of drug-likeness (QED) is 0.498. The van der Waals surface area contributed by atoms with Crippen molar-refractivity contribution >= 4 is 11.6 Å². The predicted octanol–water partition coefficient (Wildman–Crippen LogP) is 4.34. The fraction of sp³-hybridized carbons (Fsp3) is 0.269. The number of amides is 1. The minimum absolute atomic E-state index is 0.0151. The number of aromatic amines is 1. The lowest BCUT2D eigenvalue weighted by Crippen LogP contribution is -2.36. The standard InChI is InChI=1S/C26H26N4O2/c31-24-17-20(12-13-27-24)23-11-10-21(25-28-14-15-30(23)25)16-18-6-8-19(9-7-18)26(32)29-22-4-2-1-3-5-22/h6-15,17,22H,1-5,16H2,(H,27,31)(H,29,32). The summed E-state index contributed by atoms with van der Waals surface area (Å²) in [6.07, 6.45) is 11.9. The molecule has 1 aromatic carbocycles. The van der Waals surface area contributed by atoms with Gasteiger partial charge < -0.3 is 10.3 Å². The molecule has 162 valence electrons. The molecule has 2 N–H and O–H groups in total. The zero-order valence-corrected chi connectivity index (χ0v) is 17.9. The van der Waals surface area contributed by atoms with Crippen LogP contribution in [0.2, 0.25) is 0 Å². The molecular weight excluding hydrogens is 400 g/mol. The summed E-state index contributed by atoms with van der Waals surface area (Å²) < 4.78 is 2.01. The van der Waals surface area contributed by atoms with Gasteiger partial charge in [-0.1, -0.05) is 37.5 Å². The van der Waals surface area contributed by atoms with Crippen LogP contribution in [0.5, 0.6) is 0 Å². The summed E-state index contributed by atoms with van der Waals surface area (Å²) in [6.45, 7) is 0. The average Bonchev–Trinajstić information content (AvgIpc) is 3.31. The number of carbonyl (C=O) groups is 1. The van der Waals surface area contributed by atoms with E-state index in [0.717, 1.165) is 40.9 Å². The van der Waals surface area contributed by atoms with Crippen LogP contribution in [0.4, 0.5) is 0 Å². The van der Waals surface area contributed by atoms with Gasteiger partial charge in [0.2, 0.25) is 5.56 Å². The lowest BCUT2D eigenvalue weighted by molar-refractivity contribution is 0.0927. The van der Waals surface area contributed by atoms with Crippen molar-refractivity contribution in [1.82, 2.24) is 19.7 Å². The summed E-state index contributed by atoms with van der Waals surface area (Å²) in [5, 5.41) is 3.17. The summed E-state index contributed by atoms with van der Waals surface area (Å²) in [6, 6.07) is 15.7. The molecule has 5 rings (SSSR count).